The molecule has 3 aromatic carbocycles. The number of methoxy groups -OCH3 is 1. The number of para-hydroxylation sites is 2. The van der Waals surface area contributed by atoms with E-state index in [0.29, 0.717) is 40.1 Å². The second-order valence-corrected chi connectivity index (χ2v) is 18.5. The Morgan fingerprint density at radius 3 is 2.32 bits per heavy atom. The summed E-state index contributed by atoms with van der Waals surface area (Å²) in [6.45, 7) is 8.20. The highest BCUT2D eigenvalue weighted by Crippen LogP contribution is 2.38. The number of piperazine rings is 1. The monoisotopic (exact) mass is 884 g/mol. The fraction of sp³-hybridized carbons (Fsp3) is 0.395. The van der Waals surface area contributed by atoms with Crippen molar-refractivity contribution in [3.05, 3.63) is 82.5 Å². The maximum Gasteiger partial charge on any atom is 0.262 e. The van der Waals surface area contributed by atoms with Crippen molar-refractivity contribution < 1.29 is 32.3 Å². The third-order valence-electron chi connectivity index (χ3n) is 12.1. The number of hydrogen-bond donors (Lipinski definition) is 3. The predicted octanol–water partition coefficient (Wildman–Crippen LogP) is 4.77. The Bertz CT molecular complexity index is 2540. The summed E-state index contributed by atoms with van der Waals surface area (Å²) in [5.74, 6) is -0.258. The average molecular weight is 885 g/mol. The van der Waals surface area contributed by atoms with E-state index < -0.39 is 39.7 Å². The van der Waals surface area contributed by atoms with Gasteiger partial charge in [0.1, 0.15) is 16.8 Å². The summed E-state index contributed by atoms with van der Waals surface area (Å²) in [5, 5.41) is 8.94. The van der Waals surface area contributed by atoms with Crippen molar-refractivity contribution in [3.63, 3.8) is 0 Å². The Morgan fingerprint density at radius 1 is 0.887 bits per heavy atom. The molecular weight excluding hydrogens is 836 g/mol. The number of ether oxygens (including phenoxy) is 1. The molecule has 3 saturated heterocycles. The number of anilines is 7. The maximum absolute atomic E-state index is 13.4. The number of carbonyl (C=O) groups is 4. The molecule has 4 aromatic rings. The van der Waals surface area contributed by atoms with Crippen LogP contribution in [-0.4, -0.2) is 124 Å². The number of amides is 4. The van der Waals surface area contributed by atoms with Crippen LogP contribution in [0.2, 0.25) is 5.02 Å². The van der Waals surface area contributed by atoms with Gasteiger partial charge in [-0.25, -0.2) is 13.4 Å². The van der Waals surface area contributed by atoms with E-state index in [9.17, 15) is 27.6 Å². The molecule has 3 N–H and O–H groups in total. The van der Waals surface area contributed by atoms with Crippen LogP contribution in [-0.2, 0) is 19.6 Å². The molecule has 5 heterocycles. The first kappa shape index (κ1) is 42.7. The van der Waals surface area contributed by atoms with Gasteiger partial charge in [0.15, 0.2) is 5.82 Å². The lowest BCUT2D eigenvalue weighted by atomic mass is 9.95. The topological polar surface area (TPSA) is 190 Å². The highest BCUT2D eigenvalue weighted by atomic mass is 35.5. The van der Waals surface area contributed by atoms with Crippen molar-refractivity contribution in [2.24, 2.45) is 5.92 Å². The number of nitrogens with zero attached hydrogens (tertiary/aromatic N) is 7. The SMILES string of the molecule is COc1cc(N2CCC(CN3CCN(c4ccc5c(c4)C(=O)N(C4CCC(=O)NC4=O)C5=O)CC3)CC2)c(C)cc1Nc1ncc(Cl)c(Nc2ccccc2N(C)S(C)(=O)=O)n1. The van der Waals surface area contributed by atoms with Crippen molar-refractivity contribution in [1.29, 1.82) is 0 Å². The van der Waals surface area contributed by atoms with E-state index in [0.717, 1.165) is 86.7 Å². The van der Waals surface area contributed by atoms with E-state index in [4.69, 9.17) is 16.3 Å². The van der Waals surface area contributed by atoms with Gasteiger partial charge in [0.05, 0.1) is 47.8 Å². The average Bonchev–Trinajstić information content (AvgIpc) is 3.50. The molecule has 4 aliphatic heterocycles. The van der Waals surface area contributed by atoms with E-state index in [1.807, 2.05) is 18.2 Å². The molecule has 8 rings (SSSR count). The largest absolute Gasteiger partial charge is 0.494 e. The first-order valence-corrected chi connectivity index (χ1v) is 22.8. The molecule has 0 saturated carbocycles. The molecule has 1 atom stereocenters. The Kier molecular flexibility index (Phi) is 12.0. The van der Waals surface area contributed by atoms with Crippen molar-refractivity contribution in [2.45, 2.75) is 38.6 Å². The molecular formula is C43H49ClN10O7S. The van der Waals surface area contributed by atoms with E-state index in [1.165, 1.54) is 17.5 Å². The van der Waals surface area contributed by atoms with E-state index in [-0.39, 0.29) is 29.4 Å². The lowest BCUT2D eigenvalue weighted by molar-refractivity contribution is -0.136. The number of piperidine rings is 2. The smallest absolute Gasteiger partial charge is 0.262 e. The third kappa shape index (κ3) is 8.71. The van der Waals surface area contributed by atoms with Crippen LogP contribution >= 0.6 is 11.6 Å². The molecule has 0 aliphatic carbocycles. The summed E-state index contributed by atoms with van der Waals surface area (Å²) in [5.41, 5.74) is 5.24. The lowest BCUT2D eigenvalue weighted by Crippen LogP contribution is -2.54. The molecule has 17 nitrogen and oxygen atoms in total. The van der Waals surface area contributed by atoms with Crippen LogP contribution in [0, 0.1) is 12.8 Å². The highest BCUT2D eigenvalue weighted by Gasteiger charge is 2.45. The van der Waals surface area contributed by atoms with Crippen LogP contribution in [0.4, 0.5) is 40.2 Å². The zero-order chi connectivity index (χ0) is 43.9. The van der Waals surface area contributed by atoms with E-state index >= 15 is 0 Å². The minimum atomic E-state index is -3.51. The van der Waals surface area contributed by atoms with Gasteiger partial charge in [0, 0.05) is 76.7 Å². The molecule has 0 spiro atoms. The number of benzene rings is 3. The number of sulfonamides is 1. The number of rotatable bonds is 12. The first-order chi connectivity index (χ1) is 29.7. The molecule has 4 aliphatic rings. The second-order valence-electron chi connectivity index (χ2n) is 16.1. The van der Waals surface area contributed by atoms with Gasteiger partial charge in [-0.1, -0.05) is 23.7 Å². The molecule has 326 valence electrons. The maximum atomic E-state index is 13.4. The van der Waals surface area contributed by atoms with Crippen LogP contribution in [0.15, 0.2) is 60.8 Å². The molecule has 19 heteroatoms. The number of carbonyl (C=O) groups excluding carboxylic acids is 4. The van der Waals surface area contributed by atoms with Gasteiger partial charge >= 0.3 is 0 Å². The fourth-order valence-electron chi connectivity index (χ4n) is 8.65. The van der Waals surface area contributed by atoms with Gasteiger partial charge in [-0.2, -0.15) is 4.98 Å². The van der Waals surface area contributed by atoms with Crippen LogP contribution in [0.3, 0.4) is 0 Å². The molecule has 0 radical (unpaired) electrons. The summed E-state index contributed by atoms with van der Waals surface area (Å²) < 4.78 is 31.6. The van der Waals surface area contributed by atoms with Gasteiger partial charge in [-0.3, -0.25) is 38.6 Å². The van der Waals surface area contributed by atoms with Crippen molar-refractivity contribution in [3.8, 4) is 5.75 Å². The zero-order valence-corrected chi connectivity index (χ0v) is 36.6. The second kappa shape index (κ2) is 17.4. The van der Waals surface area contributed by atoms with Crippen molar-refractivity contribution in [1.82, 2.24) is 25.1 Å². The zero-order valence-electron chi connectivity index (χ0n) is 35.0. The van der Waals surface area contributed by atoms with Gasteiger partial charge in [-0.15, -0.1) is 0 Å². The van der Waals surface area contributed by atoms with Crippen LogP contribution < -0.4 is 34.8 Å². The summed E-state index contributed by atoms with van der Waals surface area (Å²) in [6, 6.07) is 15.4. The van der Waals surface area contributed by atoms with E-state index in [1.54, 1.807) is 43.5 Å². The molecule has 1 unspecified atom stereocenters. The summed E-state index contributed by atoms with van der Waals surface area (Å²) in [7, 11) is -0.410. The van der Waals surface area contributed by atoms with Gasteiger partial charge in [0.25, 0.3) is 11.8 Å². The highest BCUT2D eigenvalue weighted by molar-refractivity contribution is 7.92. The lowest BCUT2D eigenvalue weighted by Gasteiger charge is -2.40. The molecule has 1 aromatic heterocycles. The molecule has 3 fully saturated rings. The summed E-state index contributed by atoms with van der Waals surface area (Å²) in [4.78, 5) is 67.8. The first-order valence-electron chi connectivity index (χ1n) is 20.5. The van der Waals surface area contributed by atoms with Crippen LogP contribution in [0.25, 0.3) is 0 Å². The Labute approximate surface area is 365 Å². The normalized spacial score (nSPS) is 18.8. The molecule has 62 heavy (non-hydrogen) atoms. The fourth-order valence-corrected chi connectivity index (χ4v) is 9.30. The van der Waals surface area contributed by atoms with E-state index in [2.05, 4.69) is 47.5 Å². The minimum Gasteiger partial charge on any atom is -0.494 e. The molecule has 0 bridgehead atoms. The minimum absolute atomic E-state index is 0.0830. The standard InChI is InChI=1S/C43H49ClN10O7S/c1-26-21-33(47-43-45-24-31(44)39(49-43)46-32-7-5-6-8-34(32)50(2)62(4,59)60)37(61-3)23-36(26)53-15-13-27(14-16-53)25-51-17-19-52(20-18-51)28-9-10-29-30(22-28)42(58)54(41(29)57)35-11-12-38(55)48-40(35)56/h5-10,21-24,27,35H,11-20,25H2,1-4H3,(H,48,55,56)(H2,45,46,47,49). The quantitative estimate of drug-likeness (QED) is 0.165. The number of aromatic nitrogens is 2. The summed E-state index contributed by atoms with van der Waals surface area (Å²) in [6.07, 6.45) is 4.91. The van der Waals surface area contributed by atoms with Gasteiger partial charge < -0.3 is 25.2 Å². The molecule has 4 amide bonds. The van der Waals surface area contributed by atoms with Crippen molar-refractivity contribution in [2.75, 3.05) is 91.0 Å². The Balaban J connectivity index is 0.849. The number of halogens is 1. The van der Waals surface area contributed by atoms with Crippen LogP contribution in [0.5, 0.6) is 5.75 Å². The van der Waals surface area contributed by atoms with Gasteiger partial charge in [0.2, 0.25) is 27.8 Å². The number of aryl methyl sites for hydroxylation is 1. The number of imide groups is 2. The Hall–Kier alpha value is -5.98. The van der Waals surface area contributed by atoms with Crippen molar-refractivity contribution >= 4 is 85.5 Å². The number of hydrogen-bond acceptors (Lipinski definition) is 14. The number of nitrogens with one attached hydrogen (secondary N) is 3. The summed E-state index contributed by atoms with van der Waals surface area (Å²) >= 11 is 6.49. The predicted molar refractivity (Wildman–Crippen MR) is 238 cm³/mol. The Morgan fingerprint density at radius 2 is 1.61 bits per heavy atom. The third-order valence-corrected chi connectivity index (χ3v) is 13.6. The van der Waals surface area contributed by atoms with Crippen LogP contribution in [0.1, 0.15) is 52.0 Å². The number of fused-ring (bicyclic) bond motifs is 1. The van der Waals surface area contributed by atoms with Gasteiger partial charge in [-0.05, 0) is 74.1 Å².